The summed E-state index contributed by atoms with van der Waals surface area (Å²) in [4.78, 5) is 4.27. The molecule has 0 amide bonds. The Morgan fingerprint density at radius 1 is 1.33 bits per heavy atom. The lowest BCUT2D eigenvalue weighted by Crippen LogP contribution is -2.33. The number of nitrogens with one attached hydrogen (secondary N) is 1. The molecule has 0 radical (unpaired) electrons. The average Bonchev–Trinajstić information content (AvgIpc) is 2.31. The van der Waals surface area contributed by atoms with Crippen LogP contribution < -0.4 is 11.1 Å². The van der Waals surface area contributed by atoms with Crippen molar-refractivity contribution in [1.29, 1.82) is 0 Å². The molecule has 0 saturated carbocycles. The molecule has 0 bridgehead atoms. The predicted octanol–water partition coefficient (Wildman–Crippen LogP) is 2.83. The van der Waals surface area contributed by atoms with Crippen molar-refractivity contribution in [1.82, 2.24) is 5.32 Å². The van der Waals surface area contributed by atoms with Gasteiger partial charge in [0.1, 0.15) is 0 Å². The maximum absolute atomic E-state index is 5.82. The van der Waals surface area contributed by atoms with E-state index in [9.17, 15) is 0 Å². The van der Waals surface area contributed by atoms with Crippen LogP contribution in [0.1, 0.15) is 25.8 Å². The highest BCUT2D eigenvalue weighted by atomic mass is 35.5. The fourth-order valence-electron chi connectivity index (χ4n) is 1.49. The normalized spacial score (nSPS) is 11.9. The number of aliphatic imine (C=N–C) groups is 1. The van der Waals surface area contributed by atoms with E-state index < -0.39 is 0 Å². The molecule has 0 aliphatic heterocycles. The zero-order chi connectivity index (χ0) is 13.4. The Morgan fingerprint density at radius 2 is 2.00 bits per heavy atom. The van der Waals surface area contributed by atoms with E-state index in [1.54, 1.807) is 0 Å². The number of nitrogens with two attached hydrogens (primary N) is 1. The van der Waals surface area contributed by atoms with Gasteiger partial charge in [0, 0.05) is 18.1 Å². The zero-order valence-corrected chi connectivity index (χ0v) is 11.9. The van der Waals surface area contributed by atoms with Gasteiger partial charge in [-0.3, -0.25) is 4.99 Å². The van der Waals surface area contributed by atoms with Gasteiger partial charge in [0.25, 0.3) is 0 Å². The molecule has 3 nitrogen and oxygen atoms in total. The standard InChI is InChI=1S/C14H22ClN3/c1-11(2)7-9-17-14(16)18-10-8-12-3-5-13(15)6-4-12/h3-6,11H,7-10H2,1-2H3,(H3,16,17,18). The Kier molecular flexibility index (Phi) is 6.58. The number of guanidine groups is 1. The van der Waals surface area contributed by atoms with Crippen molar-refractivity contribution in [3.63, 3.8) is 0 Å². The van der Waals surface area contributed by atoms with Gasteiger partial charge >= 0.3 is 0 Å². The Bertz CT molecular complexity index is 371. The van der Waals surface area contributed by atoms with Gasteiger partial charge in [-0.15, -0.1) is 0 Å². The first-order valence-corrected chi connectivity index (χ1v) is 6.74. The van der Waals surface area contributed by atoms with E-state index in [1.165, 1.54) is 5.56 Å². The lowest BCUT2D eigenvalue weighted by molar-refractivity contribution is 0.595. The molecule has 0 heterocycles. The number of hydrogen-bond donors (Lipinski definition) is 2. The van der Waals surface area contributed by atoms with Crippen molar-refractivity contribution in [2.75, 3.05) is 13.1 Å². The molecule has 0 fully saturated rings. The lowest BCUT2D eigenvalue weighted by atomic mass is 10.1. The van der Waals surface area contributed by atoms with E-state index in [-0.39, 0.29) is 0 Å². The first kappa shape index (κ1) is 14.8. The third kappa shape index (κ3) is 6.50. The molecule has 0 aliphatic carbocycles. The topological polar surface area (TPSA) is 50.4 Å². The molecule has 18 heavy (non-hydrogen) atoms. The molecule has 0 saturated heterocycles. The Hall–Kier alpha value is -1.22. The number of rotatable bonds is 6. The third-order valence-electron chi connectivity index (χ3n) is 2.62. The fraction of sp³-hybridized carbons (Fsp3) is 0.500. The van der Waals surface area contributed by atoms with Crippen molar-refractivity contribution in [2.45, 2.75) is 26.7 Å². The summed E-state index contributed by atoms with van der Waals surface area (Å²) in [5, 5.41) is 3.88. The second kappa shape index (κ2) is 7.98. The van der Waals surface area contributed by atoms with Gasteiger partial charge in [0.05, 0.1) is 0 Å². The van der Waals surface area contributed by atoms with Crippen molar-refractivity contribution in [3.8, 4) is 0 Å². The monoisotopic (exact) mass is 267 g/mol. The highest BCUT2D eigenvalue weighted by molar-refractivity contribution is 6.30. The van der Waals surface area contributed by atoms with Crippen LogP contribution in [0.15, 0.2) is 29.3 Å². The van der Waals surface area contributed by atoms with E-state index in [0.717, 1.165) is 31.0 Å². The van der Waals surface area contributed by atoms with Crippen LogP contribution in [0.3, 0.4) is 0 Å². The molecule has 0 aliphatic rings. The Balaban J connectivity index is 2.22. The zero-order valence-electron chi connectivity index (χ0n) is 11.1. The molecular formula is C14H22ClN3. The summed E-state index contributed by atoms with van der Waals surface area (Å²) in [6, 6.07) is 7.85. The van der Waals surface area contributed by atoms with Crippen molar-refractivity contribution >= 4 is 17.6 Å². The molecule has 1 aromatic carbocycles. The molecule has 0 atom stereocenters. The first-order chi connectivity index (χ1) is 8.58. The van der Waals surface area contributed by atoms with E-state index >= 15 is 0 Å². The number of nitrogens with zero attached hydrogens (tertiary/aromatic N) is 1. The van der Waals surface area contributed by atoms with Crippen molar-refractivity contribution < 1.29 is 0 Å². The maximum atomic E-state index is 5.82. The average molecular weight is 268 g/mol. The van der Waals surface area contributed by atoms with Gasteiger partial charge < -0.3 is 11.1 Å². The molecule has 4 heteroatoms. The molecule has 0 spiro atoms. The second-order valence-electron chi connectivity index (χ2n) is 4.75. The van der Waals surface area contributed by atoms with Gasteiger partial charge in [-0.25, -0.2) is 0 Å². The van der Waals surface area contributed by atoms with E-state index in [4.69, 9.17) is 17.3 Å². The first-order valence-electron chi connectivity index (χ1n) is 6.36. The smallest absolute Gasteiger partial charge is 0.188 e. The van der Waals surface area contributed by atoms with Crippen LogP contribution in [0.4, 0.5) is 0 Å². The van der Waals surface area contributed by atoms with Gasteiger partial charge in [-0.05, 0) is 36.5 Å². The lowest BCUT2D eigenvalue weighted by Gasteiger charge is -2.06. The minimum atomic E-state index is 0.532. The Labute approximate surface area is 114 Å². The van der Waals surface area contributed by atoms with Gasteiger partial charge in [-0.2, -0.15) is 0 Å². The summed E-state index contributed by atoms with van der Waals surface area (Å²) in [7, 11) is 0. The van der Waals surface area contributed by atoms with Crippen molar-refractivity contribution in [2.24, 2.45) is 16.6 Å². The van der Waals surface area contributed by atoms with E-state index in [1.807, 2.05) is 24.3 Å². The predicted molar refractivity (Wildman–Crippen MR) is 79.1 cm³/mol. The summed E-state index contributed by atoms with van der Waals surface area (Å²) in [5.41, 5.74) is 7.00. The number of halogens is 1. The molecule has 1 rings (SSSR count). The van der Waals surface area contributed by atoms with Gasteiger partial charge in [0.2, 0.25) is 0 Å². The highest BCUT2D eigenvalue weighted by Crippen LogP contribution is 2.09. The largest absolute Gasteiger partial charge is 0.370 e. The van der Waals surface area contributed by atoms with E-state index in [0.29, 0.717) is 11.9 Å². The van der Waals surface area contributed by atoms with Gasteiger partial charge in [-0.1, -0.05) is 37.6 Å². The summed E-state index contributed by atoms with van der Waals surface area (Å²) in [6.07, 6.45) is 1.98. The van der Waals surface area contributed by atoms with Crippen LogP contribution in [-0.2, 0) is 6.42 Å². The molecule has 0 unspecified atom stereocenters. The molecule has 100 valence electrons. The maximum Gasteiger partial charge on any atom is 0.188 e. The summed E-state index contributed by atoms with van der Waals surface area (Å²) >= 11 is 5.82. The molecule has 0 aromatic heterocycles. The van der Waals surface area contributed by atoms with Crippen LogP contribution in [0.25, 0.3) is 0 Å². The van der Waals surface area contributed by atoms with Crippen LogP contribution in [0.2, 0.25) is 5.02 Å². The minimum Gasteiger partial charge on any atom is -0.370 e. The van der Waals surface area contributed by atoms with E-state index in [2.05, 4.69) is 24.2 Å². The molecular weight excluding hydrogens is 246 g/mol. The quantitative estimate of drug-likeness (QED) is 0.615. The highest BCUT2D eigenvalue weighted by Gasteiger charge is 1.96. The van der Waals surface area contributed by atoms with Crippen LogP contribution >= 0.6 is 11.6 Å². The minimum absolute atomic E-state index is 0.532. The van der Waals surface area contributed by atoms with Crippen LogP contribution in [0, 0.1) is 5.92 Å². The SMILES string of the molecule is CC(C)CCN=C(N)NCCc1ccc(Cl)cc1. The molecule has 1 aromatic rings. The molecule has 3 N–H and O–H groups in total. The Morgan fingerprint density at radius 3 is 2.61 bits per heavy atom. The number of hydrogen-bond acceptors (Lipinski definition) is 1. The second-order valence-corrected chi connectivity index (χ2v) is 5.19. The summed E-state index contributed by atoms with van der Waals surface area (Å²) in [6.45, 7) is 5.94. The third-order valence-corrected chi connectivity index (χ3v) is 2.87. The van der Waals surface area contributed by atoms with Gasteiger partial charge in [0.15, 0.2) is 5.96 Å². The van der Waals surface area contributed by atoms with Crippen molar-refractivity contribution in [3.05, 3.63) is 34.9 Å². The van der Waals surface area contributed by atoms with Crippen LogP contribution in [0.5, 0.6) is 0 Å². The fourth-order valence-corrected chi connectivity index (χ4v) is 1.61. The number of benzene rings is 1. The summed E-state index contributed by atoms with van der Waals surface area (Å²) in [5.74, 6) is 1.19. The summed E-state index contributed by atoms with van der Waals surface area (Å²) < 4.78 is 0. The van der Waals surface area contributed by atoms with Crippen LogP contribution in [-0.4, -0.2) is 19.0 Å².